The van der Waals surface area contributed by atoms with Crippen LogP contribution in [0.15, 0.2) is 47.7 Å². The minimum absolute atomic E-state index is 0.191. The highest BCUT2D eigenvalue weighted by atomic mass is 35.5. The van der Waals surface area contributed by atoms with E-state index < -0.39 is 23.8 Å². The average molecular weight is 443 g/mol. The number of rotatable bonds is 4. The normalized spacial score (nSPS) is 21.4. The molecule has 2 aromatic rings. The van der Waals surface area contributed by atoms with Gasteiger partial charge in [0.1, 0.15) is 6.04 Å². The second kappa shape index (κ2) is 9.30. The zero-order valence-electron chi connectivity index (χ0n) is 17.1. The topological polar surface area (TPSA) is 100 Å². The van der Waals surface area contributed by atoms with Crippen LogP contribution in [0.4, 0.5) is 5.95 Å². The highest BCUT2D eigenvalue weighted by Crippen LogP contribution is 2.31. The maximum atomic E-state index is 12.9. The van der Waals surface area contributed by atoms with Crippen LogP contribution < -0.4 is 10.2 Å². The van der Waals surface area contributed by atoms with Crippen LogP contribution in [-0.2, 0) is 14.3 Å². The molecule has 4 rings (SSSR count). The molecule has 0 spiro atoms. The molecule has 0 radical (unpaired) electrons. The second-order valence-corrected chi connectivity index (χ2v) is 7.63. The molecule has 2 aliphatic rings. The number of anilines is 1. The van der Waals surface area contributed by atoms with E-state index in [2.05, 4.69) is 20.2 Å². The van der Waals surface area contributed by atoms with Crippen molar-refractivity contribution in [1.29, 1.82) is 0 Å². The third-order valence-corrected chi connectivity index (χ3v) is 5.51. The summed E-state index contributed by atoms with van der Waals surface area (Å²) >= 11 is 6.01. The molecule has 2 atom stereocenters. The highest BCUT2D eigenvalue weighted by Gasteiger charge is 2.42. The Morgan fingerprint density at radius 2 is 1.77 bits per heavy atom. The van der Waals surface area contributed by atoms with Gasteiger partial charge in [-0.3, -0.25) is 14.9 Å². The first-order chi connectivity index (χ1) is 15.1. The van der Waals surface area contributed by atoms with Crippen LogP contribution in [0.25, 0.3) is 0 Å². The fraction of sp³-hybridized carbons (Fsp3) is 0.381. The predicted molar refractivity (Wildman–Crippen MR) is 116 cm³/mol. The van der Waals surface area contributed by atoms with E-state index in [1.54, 1.807) is 49.6 Å². The molecule has 3 heterocycles. The van der Waals surface area contributed by atoms with Crippen LogP contribution in [0.1, 0.15) is 18.5 Å². The summed E-state index contributed by atoms with van der Waals surface area (Å²) in [7, 11) is 0. The van der Waals surface area contributed by atoms with Gasteiger partial charge in [0, 0.05) is 43.6 Å². The second-order valence-electron chi connectivity index (χ2n) is 7.19. The predicted octanol–water partition coefficient (Wildman–Crippen LogP) is 1.66. The molecule has 9 nitrogen and oxygen atoms in total. The largest absolute Gasteiger partial charge is 0.465 e. The molecule has 1 N–H and O–H groups in total. The Morgan fingerprint density at radius 1 is 1.13 bits per heavy atom. The number of nitrogens with one attached hydrogen (secondary N) is 1. The summed E-state index contributed by atoms with van der Waals surface area (Å²) in [6.07, 6.45) is 3.43. The molecular formula is C21H23ClN6O3. The van der Waals surface area contributed by atoms with Gasteiger partial charge in [0.2, 0.25) is 17.8 Å². The number of carbonyl (C=O) groups is 2. The number of esters is 1. The van der Waals surface area contributed by atoms with Gasteiger partial charge in [-0.15, -0.1) is 0 Å². The monoisotopic (exact) mass is 442 g/mol. The van der Waals surface area contributed by atoms with Crippen molar-refractivity contribution in [2.45, 2.75) is 13.0 Å². The van der Waals surface area contributed by atoms with Crippen molar-refractivity contribution in [3.05, 3.63) is 53.3 Å². The minimum atomic E-state index is -1.05. The quantitative estimate of drug-likeness (QED) is 0.567. The first kappa shape index (κ1) is 21.0. The molecule has 31 heavy (non-hydrogen) atoms. The van der Waals surface area contributed by atoms with Crippen LogP contribution in [0, 0.1) is 5.92 Å². The van der Waals surface area contributed by atoms with Gasteiger partial charge in [0.25, 0.3) is 0 Å². The van der Waals surface area contributed by atoms with Crippen LogP contribution in [0.5, 0.6) is 0 Å². The summed E-state index contributed by atoms with van der Waals surface area (Å²) in [5.74, 6) is -0.924. The van der Waals surface area contributed by atoms with Crippen LogP contribution in [0.2, 0.25) is 5.02 Å². The van der Waals surface area contributed by atoms with E-state index in [9.17, 15) is 9.59 Å². The lowest BCUT2D eigenvalue weighted by Crippen LogP contribution is -2.57. The van der Waals surface area contributed by atoms with Crippen LogP contribution in [-0.4, -0.2) is 65.5 Å². The smallest absolute Gasteiger partial charge is 0.321 e. The van der Waals surface area contributed by atoms with Crippen molar-refractivity contribution in [1.82, 2.24) is 20.2 Å². The fourth-order valence-corrected chi connectivity index (χ4v) is 3.82. The molecule has 0 aliphatic carbocycles. The van der Waals surface area contributed by atoms with Crippen molar-refractivity contribution < 1.29 is 14.3 Å². The van der Waals surface area contributed by atoms with Crippen molar-refractivity contribution in [3.63, 3.8) is 0 Å². The van der Waals surface area contributed by atoms with Gasteiger partial charge in [-0.25, -0.2) is 15.0 Å². The van der Waals surface area contributed by atoms with Crippen molar-refractivity contribution in [3.8, 4) is 0 Å². The maximum Gasteiger partial charge on any atom is 0.321 e. The number of amides is 1. The van der Waals surface area contributed by atoms with Gasteiger partial charge in [0.05, 0.1) is 6.61 Å². The minimum Gasteiger partial charge on any atom is -0.465 e. The molecule has 1 aromatic carbocycles. The number of guanidine groups is 1. The molecule has 1 fully saturated rings. The molecule has 1 amide bonds. The zero-order chi connectivity index (χ0) is 21.8. The number of aromatic nitrogens is 2. The van der Waals surface area contributed by atoms with Gasteiger partial charge in [-0.1, -0.05) is 23.7 Å². The third kappa shape index (κ3) is 4.61. The van der Waals surface area contributed by atoms with E-state index in [4.69, 9.17) is 21.3 Å². The van der Waals surface area contributed by atoms with Gasteiger partial charge in [-0.2, -0.15) is 0 Å². The zero-order valence-corrected chi connectivity index (χ0v) is 17.8. The number of piperazine rings is 1. The molecule has 10 heteroatoms. The fourth-order valence-electron chi connectivity index (χ4n) is 3.70. The summed E-state index contributed by atoms with van der Waals surface area (Å²) in [5, 5.41) is 3.37. The first-order valence-electron chi connectivity index (χ1n) is 10.1. The van der Waals surface area contributed by atoms with E-state index >= 15 is 0 Å². The number of halogens is 1. The van der Waals surface area contributed by atoms with E-state index in [-0.39, 0.29) is 6.61 Å². The number of aliphatic imine (C=N–C) groups is 1. The van der Waals surface area contributed by atoms with Gasteiger partial charge in [0.15, 0.2) is 5.92 Å². The highest BCUT2D eigenvalue weighted by molar-refractivity contribution is 6.30. The molecule has 162 valence electrons. The molecule has 2 aliphatic heterocycles. The summed E-state index contributed by atoms with van der Waals surface area (Å²) in [5.41, 5.74) is 0.728. The van der Waals surface area contributed by atoms with E-state index in [0.717, 1.165) is 5.56 Å². The first-order valence-corrected chi connectivity index (χ1v) is 10.5. The van der Waals surface area contributed by atoms with Crippen LogP contribution in [0.3, 0.4) is 0 Å². The SMILES string of the molecule is CCOC(=O)[C@H]1C(=O)NC(N2CCN(c3ncccn3)CC2)=N[C@H]1c1ccc(Cl)cc1. The van der Waals surface area contributed by atoms with E-state index in [0.29, 0.717) is 43.1 Å². The summed E-state index contributed by atoms with van der Waals surface area (Å²) in [6, 6.07) is 8.10. The number of hydrogen-bond donors (Lipinski definition) is 1. The Kier molecular flexibility index (Phi) is 6.31. The summed E-state index contributed by atoms with van der Waals surface area (Å²) < 4.78 is 5.14. The van der Waals surface area contributed by atoms with Crippen molar-refractivity contribution in [2.75, 3.05) is 37.7 Å². The lowest BCUT2D eigenvalue weighted by Gasteiger charge is -2.38. The number of carbonyl (C=O) groups excluding carboxylic acids is 2. The van der Waals surface area contributed by atoms with Gasteiger partial charge >= 0.3 is 5.97 Å². The summed E-state index contributed by atoms with van der Waals surface area (Å²) in [6.45, 7) is 4.54. The molecule has 1 saturated heterocycles. The number of nitrogens with zero attached hydrogens (tertiary/aromatic N) is 5. The van der Waals surface area contributed by atoms with Crippen LogP contribution >= 0.6 is 11.6 Å². The number of ether oxygens (including phenoxy) is 1. The lowest BCUT2D eigenvalue weighted by atomic mass is 9.91. The number of hydrogen-bond acceptors (Lipinski definition) is 8. The summed E-state index contributed by atoms with van der Waals surface area (Å²) in [4.78, 5) is 42.9. The average Bonchev–Trinajstić information content (AvgIpc) is 2.80. The Labute approximate surface area is 185 Å². The Balaban J connectivity index is 1.56. The Bertz CT molecular complexity index is 961. The lowest BCUT2D eigenvalue weighted by molar-refractivity contribution is -0.153. The Hall–Kier alpha value is -3.20. The van der Waals surface area contributed by atoms with Crippen molar-refractivity contribution in [2.24, 2.45) is 10.9 Å². The molecule has 0 unspecified atom stereocenters. The van der Waals surface area contributed by atoms with E-state index in [1.165, 1.54) is 0 Å². The van der Waals surface area contributed by atoms with E-state index in [1.807, 2.05) is 4.90 Å². The third-order valence-electron chi connectivity index (χ3n) is 5.26. The Morgan fingerprint density at radius 3 is 2.42 bits per heavy atom. The molecular weight excluding hydrogens is 420 g/mol. The maximum absolute atomic E-state index is 12.9. The molecule has 0 bridgehead atoms. The van der Waals surface area contributed by atoms with Crippen molar-refractivity contribution >= 4 is 35.4 Å². The van der Waals surface area contributed by atoms with Gasteiger partial charge in [-0.05, 0) is 30.7 Å². The number of benzene rings is 1. The van der Waals surface area contributed by atoms with Gasteiger partial charge < -0.3 is 14.5 Å². The molecule has 1 aromatic heterocycles. The standard InChI is InChI=1S/C21H23ClN6O3/c1-2-31-19(30)16-17(14-4-6-15(22)7-5-14)25-21(26-18(16)29)28-12-10-27(11-13-28)20-23-8-3-9-24-20/h3-9,16-17H,2,10-13H2,1H3,(H,25,26,29)/t16-,17+/m1/s1. The molecule has 0 saturated carbocycles.